The number of nitrogens with zero attached hydrogens (tertiary/aromatic N) is 1. The number of thioether (sulfide) groups is 1. The monoisotopic (exact) mass is 339 g/mol. The largest absolute Gasteiger partial charge is 0.464 e. The van der Waals surface area contributed by atoms with Gasteiger partial charge in [0.25, 0.3) is 11.1 Å². The van der Waals surface area contributed by atoms with Gasteiger partial charge in [-0.3, -0.25) is 14.5 Å². The topological polar surface area (TPSA) is 63.7 Å². The molecule has 0 radical (unpaired) electrons. The normalized spacial score (nSPS) is 18.0. The van der Waals surface area contributed by atoms with Crippen molar-refractivity contribution >= 4 is 46.6 Å². The highest BCUT2D eigenvalue weighted by Gasteiger charge is 2.41. The molecule has 0 unspecified atom stereocenters. The van der Waals surface area contributed by atoms with Gasteiger partial charge in [0.2, 0.25) is 0 Å². The zero-order chi connectivity index (χ0) is 16.3. The van der Waals surface area contributed by atoms with Gasteiger partial charge in [0.05, 0.1) is 11.5 Å². The van der Waals surface area contributed by atoms with Crippen LogP contribution in [0.3, 0.4) is 0 Å². The van der Waals surface area contributed by atoms with Crippen molar-refractivity contribution in [2.24, 2.45) is 0 Å². The number of imide groups is 1. The molecule has 0 N–H and O–H groups in total. The SMILES string of the molecule is CCOC(=O)[C@H](C)N1C(=O)S/C(=C\c2ccc(Cl)cc2)C1=O. The second kappa shape index (κ2) is 6.98. The van der Waals surface area contributed by atoms with Gasteiger partial charge >= 0.3 is 5.97 Å². The standard InChI is InChI=1S/C15H14ClNO4S/c1-3-21-14(19)9(2)17-13(18)12(22-15(17)20)8-10-4-6-11(16)7-5-10/h4-9H,3H2,1-2H3/b12-8-/t9-/m0/s1. The molecule has 1 heterocycles. The highest BCUT2D eigenvalue weighted by molar-refractivity contribution is 8.18. The van der Waals surface area contributed by atoms with Gasteiger partial charge < -0.3 is 4.74 Å². The highest BCUT2D eigenvalue weighted by Crippen LogP contribution is 2.33. The number of hydrogen-bond donors (Lipinski definition) is 0. The molecule has 0 aliphatic carbocycles. The van der Waals surface area contributed by atoms with Crippen LogP contribution in [-0.2, 0) is 14.3 Å². The van der Waals surface area contributed by atoms with Crippen molar-refractivity contribution in [2.75, 3.05) is 6.61 Å². The fourth-order valence-corrected chi connectivity index (χ4v) is 2.93. The molecule has 5 nitrogen and oxygen atoms in total. The van der Waals surface area contributed by atoms with Crippen molar-refractivity contribution in [3.05, 3.63) is 39.8 Å². The van der Waals surface area contributed by atoms with E-state index in [1.807, 2.05) is 0 Å². The number of ether oxygens (including phenoxy) is 1. The predicted octanol–water partition coefficient (Wildman–Crippen LogP) is 3.33. The van der Waals surface area contributed by atoms with Crippen LogP contribution in [0.4, 0.5) is 4.79 Å². The minimum atomic E-state index is -0.941. The Labute approximate surface area is 137 Å². The third-order valence-electron chi connectivity index (χ3n) is 3.01. The number of rotatable bonds is 4. The third-order valence-corrected chi connectivity index (χ3v) is 4.14. The molecule has 2 rings (SSSR count). The quantitative estimate of drug-likeness (QED) is 0.622. The number of carbonyl (C=O) groups excluding carboxylic acids is 3. The Morgan fingerprint density at radius 1 is 1.36 bits per heavy atom. The summed E-state index contributed by atoms with van der Waals surface area (Å²) in [5.74, 6) is -1.09. The number of carbonyl (C=O) groups is 3. The molecule has 0 spiro atoms. The summed E-state index contributed by atoms with van der Waals surface area (Å²) in [4.78, 5) is 37.2. The van der Waals surface area contributed by atoms with Gasteiger partial charge in [0.15, 0.2) is 0 Å². The van der Waals surface area contributed by atoms with E-state index < -0.39 is 23.2 Å². The van der Waals surface area contributed by atoms with Crippen LogP contribution in [0.2, 0.25) is 5.02 Å². The smallest absolute Gasteiger partial charge is 0.329 e. The molecule has 7 heteroatoms. The average molecular weight is 340 g/mol. The first-order chi connectivity index (χ1) is 10.4. The maximum absolute atomic E-state index is 12.3. The lowest BCUT2D eigenvalue weighted by molar-refractivity contribution is -0.150. The molecule has 1 saturated heterocycles. The number of amides is 2. The van der Waals surface area contributed by atoms with Gasteiger partial charge in [-0.25, -0.2) is 4.79 Å². The molecule has 1 aliphatic heterocycles. The molecule has 1 aromatic rings. The summed E-state index contributed by atoms with van der Waals surface area (Å²) >= 11 is 6.61. The van der Waals surface area contributed by atoms with Gasteiger partial charge in [0.1, 0.15) is 6.04 Å². The van der Waals surface area contributed by atoms with Crippen molar-refractivity contribution in [2.45, 2.75) is 19.9 Å². The van der Waals surface area contributed by atoms with Gasteiger partial charge in [-0.2, -0.15) is 0 Å². The van der Waals surface area contributed by atoms with E-state index in [2.05, 4.69) is 0 Å². The van der Waals surface area contributed by atoms with E-state index >= 15 is 0 Å². The molecule has 22 heavy (non-hydrogen) atoms. The van der Waals surface area contributed by atoms with Crippen LogP contribution in [0.1, 0.15) is 19.4 Å². The lowest BCUT2D eigenvalue weighted by Gasteiger charge is -2.19. The fraction of sp³-hybridized carbons (Fsp3) is 0.267. The first-order valence-electron chi connectivity index (χ1n) is 6.63. The van der Waals surface area contributed by atoms with Crippen LogP contribution in [0.25, 0.3) is 6.08 Å². The first kappa shape index (κ1) is 16.6. The van der Waals surface area contributed by atoms with E-state index in [4.69, 9.17) is 16.3 Å². The predicted molar refractivity (Wildman–Crippen MR) is 85.4 cm³/mol. The summed E-state index contributed by atoms with van der Waals surface area (Å²) in [5, 5.41) is 0.104. The Kier molecular flexibility index (Phi) is 5.26. The van der Waals surface area contributed by atoms with E-state index in [9.17, 15) is 14.4 Å². The van der Waals surface area contributed by atoms with Gasteiger partial charge in [-0.05, 0) is 49.4 Å². The molecule has 1 fully saturated rings. The minimum absolute atomic E-state index is 0.194. The molecule has 0 aromatic heterocycles. The van der Waals surface area contributed by atoms with E-state index in [0.717, 1.165) is 22.2 Å². The van der Waals surface area contributed by atoms with Crippen LogP contribution >= 0.6 is 23.4 Å². The van der Waals surface area contributed by atoms with Crippen LogP contribution < -0.4 is 0 Å². The van der Waals surface area contributed by atoms with Crippen LogP contribution in [0.5, 0.6) is 0 Å². The molecule has 2 amide bonds. The van der Waals surface area contributed by atoms with Crippen molar-refractivity contribution < 1.29 is 19.1 Å². The molecule has 1 aliphatic rings. The molecule has 1 aromatic carbocycles. The second-order valence-electron chi connectivity index (χ2n) is 4.53. The van der Waals surface area contributed by atoms with Crippen molar-refractivity contribution in [1.82, 2.24) is 4.90 Å². The fourth-order valence-electron chi connectivity index (χ4n) is 1.89. The van der Waals surface area contributed by atoms with E-state index in [1.54, 1.807) is 37.3 Å². The summed E-state index contributed by atoms with van der Waals surface area (Å²) in [6.07, 6.45) is 1.60. The van der Waals surface area contributed by atoms with E-state index in [-0.39, 0.29) is 11.5 Å². The highest BCUT2D eigenvalue weighted by atomic mass is 35.5. The third kappa shape index (κ3) is 3.51. The van der Waals surface area contributed by atoms with Gasteiger partial charge in [-0.15, -0.1) is 0 Å². The lowest BCUT2D eigenvalue weighted by atomic mass is 10.2. The maximum Gasteiger partial charge on any atom is 0.329 e. The summed E-state index contributed by atoms with van der Waals surface area (Å²) in [6.45, 7) is 3.33. The Morgan fingerprint density at radius 2 is 2.00 bits per heavy atom. The number of hydrogen-bond acceptors (Lipinski definition) is 5. The van der Waals surface area contributed by atoms with E-state index in [0.29, 0.717) is 5.02 Å². The van der Waals surface area contributed by atoms with Crippen molar-refractivity contribution in [3.63, 3.8) is 0 Å². The Morgan fingerprint density at radius 3 is 2.59 bits per heavy atom. The van der Waals surface area contributed by atoms with Crippen LogP contribution in [0, 0.1) is 0 Å². The lowest BCUT2D eigenvalue weighted by Crippen LogP contribution is -2.42. The molecular weight excluding hydrogens is 326 g/mol. The first-order valence-corrected chi connectivity index (χ1v) is 7.82. The number of halogens is 1. The molecule has 116 valence electrons. The van der Waals surface area contributed by atoms with Gasteiger partial charge in [0, 0.05) is 5.02 Å². The minimum Gasteiger partial charge on any atom is -0.464 e. The van der Waals surface area contributed by atoms with Crippen LogP contribution in [-0.4, -0.2) is 34.7 Å². The summed E-state index contributed by atoms with van der Waals surface area (Å²) in [7, 11) is 0. The summed E-state index contributed by atoms with van der Waals surface area (Å²) in [5.41, 5.74) is 0.749. The average Bonchev–Trinajstić information content (AvgIpc) is 2.75. The second-order valence-corrected chi connectivity index (χ2v) is 5.96. The Bertz CT molecular complexity index is 641. The zero-order valence-corrected chi connectivity index (χ0v) is 13.6. The zero-order valence-electron chi connectivity index (χ0n) is 12.0. The molecule has 1 atom stereocenters. The van der Waals surface area contributed by atoms with Crippen molar-refractivity contribution in [3.8, 4) is 0 Å². The maximum atomic E-state index is 12.3. The molecule has 0 bridgehead atoms. The molecular formula is C15H14ClNO4S. The number of esters is 1. The van der Waals surface area contributed by atoms with Crippen LogP contribution in [0.15, 0.2) is 29.2 Å². The summed E-state index contributed by atoms with van der Waals surface area (Å²) in [6, 6.07) is 5.93. The number of benzene rings is 1. The van der Waals surface area contributed by atoms with E-state index in [1.165, 1.54) is 6.92 Å². The van der Waals surface area contributed by atoms with Crippen molar-refractivity contribution in [1.29, 1.82) is 0 Å². The van der Waals surface area contributed by atoms with Gasteiger partial charge in [-0.1, -0.05) is 23.7 Å². The Hall–Kier alpha value is -1.79. The summed E-state index contributed by atoms with van der Waals surface area (Å²) < 4.78 is 4.85. The Balaban J connectivity index is 2.21. The molecule has 0 saturated carbocycles.